The molecule has 1 fully saturated rings. The van der Waals surface area contributed by atoms with Gasteiger partial charge in [0, 0.05) is 36.3 Å². The van der Waals surface area contributed by atoms with Crippen LogP contribution in [0.4, 0.5) is 8.78 Å². The number of rotatable bonds is 9. The third kappa shape index (κ3) is 5.01. The van der Waals surface area contributed by atoms with E-state index < -0.39 is 12.5 Å². The minimum Gasteiger partial charge on any atom is -0.496 e. The summed E-state index contributed by atoms with van der Waals surface area (Å²) in [5.74, 6) is -0.0261. The summed E-state index contributed by atoms with van der Waals surface area (Å²) >= 11 is 0. The molecule has 0 saturated heterocycles. The van der Waals surface area contributed by atoms with Gasteiger partial charge < -0.3 is 19.5 Å². The first kappa shape index (κ1) is 22.6. The van der Waals surface area contributed by atoms with Crippen LogP contribution in [0.5, 0.6) is 17.2 Å². The van der Waals surface area contributed by atoms with Crippen molar-refractivity contribution >= 4 is 11.6 Å². The summed E-state index contributed by atoms with van der Waals surface area (Å²) in [5, 5.41) is 2.79. The van der Waals surface area contributed by atoms with E-state index in [0.29, 0.717) is 29.3 Å². The lowest BCUT2D eigenvalue weighted by Crippen LogP contribution is -2.26. The van der Waals surface area contributed by atoms with Crippen molar-refractivity contribution in [2.24, 2.45) is 0 Å². The van der Waals surface area contributed by atoms with E-state index in [4.69, 9.17) is 14.2 Å². The number of methoxy groups -OCH3 is 1. The number of hydrogen-bond acceptors (Lipinski definition) is 6. The van der Waals surface area contributed by atoms with E-state index in [9.17, 15) is 13.6 Å². The molecule has 1 aliphatic carbocycles. The Morgan fingerprint density at radius 2 is 1.94 bits per heavy atom. The molecule has 0 unspecified atom stereocenters. The second kappa shape index (κ2) is 9.57. The maximum absolute atomic E-state index is 13.2. The van der Waals surface area contributed by atoms with E-state index in [1.165, 1.54) is 13.2 Å². The Kier molecular flexibility index (Phi) is 6.17. The number of fused-ring (bicyclic) bond motifs is 1. The van der Waals surface area contributed by atoms with Gasteiger partial charge >= 0.3 is 6.61 Å². The van der Waals surface area contributed by atoms with Crippen molar-refractivity contribution in [2.45, 2.75) is 32.1 Å². The van der Waals surface area contributed by atoms with Crippen LogP contribution in [0.2, 0.25) is 0 Å². The first-order valence-electron chi connectivity index (χ1n) is 11.0. The number of alkyl halides is 2. The topological polar surface area (TPSA) is 87.0 Å². The van der Waals surface area contributed by atoms with E-state index >= 15 is 0 Å². The second-order valence-electron chi connectivity index (χ2n) is 8.06. The van der Waals surface area contributed by atoms with Gasteiger partial charge in [0.1, 0.15) is 35.1 Å². The SMILES string of the molecule is COc1cc(-c2cnc3cc(OCc4ccncc4)ccn23)cc(OC(F)F)c1C(=O)NC1CC1. The zero-order chi connectivity index (χ0) is 24.4. The number of aromatic nitrogens is 3. The van der Waals surface area contributed by atoms with Gasteiger partial charge in [0.25, 0.3) is 5.91 Å². The number of benzene rings is 1. The van der Waals surface area contributed by atoms with Crippen LogP contribution in [-0.2, 0) is 6.61 Å². The summed E-state index contributed by atoms with van der Waals surface area (Å²) in [4.78, 5) is 21.2. The van der Waals surface area contributed by atoms with Crippen molar-refractivity contribution in [3.05, 3.63) is 72.3 Å². The van der Waals surface area contributed by atoms with Crippen LogP contribution in [0.25, 0.3) is 16.9 Å². The molecule has 0 aliphatic heterocycles. The number of imidazole rings is 1. The molecule has 1 amide bonds. The second-order valence-corrected chi connectivity index (χ2v) is 8.06. The van der Waals surface area contributed by atoms with Crippen molar-refractivity contribution in [3.8, 4) is 28.5 Å². The van der Waals surface area contributed by atoms with E-state index in [1.54, 1.807) is 47.4 Å². The van der Waals surface area contributed by atoms with Crippen LogP contribution in [0.1, 0.15) is 28.8 Å². The number of amides is 1. The molecule has 3 aromatic heterocycles. The van der Waals surface area contributed by atoms with Gasteiger partial charge in [0.2, 0.25) is 0 Å². The van der Waals surface area contributed by atoms with Gasteiger partial charge in [-0.2, -0.15) is 8.78 Å². The summed E-state index contributed by atoms with van der Waals surface area (Å²) in [6, 6.07) is 10.3. The minimum absolute atomic E-state index is 0.0417. The summed E-state index contributed by atoms with van der Waals surface area (Å²) in [6.07, 6.45) is 8.48. The molecule has 180 valence electrons. The van der Waals surface area contributed by atoms with Gasteiger partial charge in [0.05, 0.1) is 19.0 Å². The molecule has 1 aliphatic rings. The predicted octanol–water partition coefficient (Wildman–Crippen LogP) is 4.48. The molecule has 5 rings (SSSR count). The third-order valence-corrected chi connectivity index (χ3v) is 5.58. The highest BCUT2D eigenvalue weighted by Gasteiger charge is 2.29. The normalized spacial score (nSPS) is 13.1. The molecular weight excluding hydrogens is 458 g/mol. The van der Waals surface area contributed by atoms with Crippen molar-refractivity contribution in [1.29, 1.82) is 0 Å². The molecule has 0 bridgehead atoms. The molecule has 0 atom stereocenters. The lowest BCUT2D eigenvalue weighted by molar-refractivity contribution is -0.0502. The quantitative estimate of drug-likeness (QED) is 0.380. The highest BCUT2D eigenvalue weighted by atomic mass is 19.3. The maximum atomic E-state index is 13.2. The van der Waals surface area contributed by atoms with E-state index in [-0.39, 0.29) is 23.1 Å². The zero-order valence-electron chi connectivity index (χ0n) is 18.8. The third-order valence-electron chi connectivity index (χ3n) is 5.58. The Bertz CT molecular complexity index is 1360. The van der Waals surface area contributed by atoms with E-state index in [0.717, 1.165) is 18.4 Å². The van der Waals surface area contributed by atoms with E-state index in [2.05, 4.69) is 15.3 Å². The van der Waals surface area contributed by atoms with Crippen LogP contribution in [-0.4, -0.2) is 40.0 Å². The molecule has 0 radical (unpaired) electrons. The molecule has 1 saturated carbocycles. The van der Waals surface area contributed by atoms with Gasteiger partial charge in [-0.1, -0.05) is 0 Å². The maximum Gasteiger partial charge on any atom is 0.387 e. The number of halogens is 2. The largest absolute Gasteiger partial charge is 0.496 e. The molecule has 10 heteroatoms. The van der Waals surface area contributed by atoms with Crippen molar-refractivity contribution in [3.63, 3.8) is 0 Å². The Labute approximate surface area is 199 Å². The molecular formula is C25H22F2N4O4. The number of ether oxygens (including phenoxy) is 3. The van der Waals surface area contributed by atoms with E-state index in [1.807, 2.05) is 12.1 Å². The van der Waals surface area contributed by atoms with Crippen LogP contribution >= 0.6 is 0 Å². The molecule has 1 N–H and O–H groups in total. The van der Waals surface area contributed by atoms with Crippen molar-refractivity contribution < 1.29 is 27.8 Å². The van der Waals surface area contributed by atoms with Crippen LogP contribution in [0.3, 0.4) is 0 Å². The Morgan fingerprint density at radius 3 is 2.66 bits per heavy atom. The fraction of sp³-hybridized carbons (Fsp3) is 0.240. The van der Waals surface area contributed by atoms with Crippen LogP contribution in [0, 0.1) is 0 Å². The lowest BCUT2D eigenvalue weighted by atomic mass is 10.1. The monoisotopic (exact) mass is 480 g/mol. The number of hydrogen-bond donors (Lipinski definition) is 1. The van der Waals surface area contributed by atoms with Gasteiger partial charge in [-0.05, 0) is 48.7 Å². The number of carbonyl (C=O) groups is 1. The number of nitrogens with zero attached hydrogens (tertiary/aromatic N) is 3. The minimum atomic E-state index is -3.11. The van der Waals surface area contributed by atoms with Gasteiger partial charge in [-0.3, -0.25) is 14.2 Å². The highest BCUT2D eigenvalue weighted by molar-refractivity contribution is 6.01. The average Bonchev–Trinajstić information content (AvgIpc) is 3.57. The molecule has 8 nitrogen and oxygen atoms in total. The van der Waals surface area contributed by atoms with Crippen LogP contribution in [0.15, 0.2) is 61.2 Å². The molecule has 4 aromatic rings. The smallest absolute Gasteiger partial charge is 0.387 e. The zero-order valence-corrected chi connectivity index (χ0v) is 18.8. The van der Waals surface area contributed by atoms with Gasteiger partial charge in [0.15, 0.2) is 0 Å². The molecule has 35 heavy (non-hydrogen) atoms. The Morgan fingerprint density at radius 1 is 1.17 bits per heavy atom. The Hall–Kier alpha value is -4.21. The first-order valence-corrected chi connectivity index (χ1v) is 11.0. The average molecular weight is 480 g/mol. The molecule has 0 spiro atoms. The van der Waals surface area contributed by atoms with Crippen LogP contribution < -0.4 is 19.5 Å². The molecule has 3 heterocycles. The first-order chi connectivity index (χ1) is 17.0. The fourth-order valence-corrected chi connectivity index (χ4v) is 3.71. The number of nitrogens with one attached hydrogen (secondary N) is 1. The van der Waals surface area contributed by atoms with Crippen molar-refractivity contribution in [1.82, 2.24) is 19.7 Å². The Balaban J connectivity index is 1.47. The summed E-state index contributed by atoms with van der Waals surface area (Å²) in [7, 11) is 1.38. The fourth-order valence-electron chi connectivity index (χ4n) is 3.71. The number of pyridine rings is 2. The summed E-state index contributed by atoms with van der Waals surface area (Å²) < 4.78 is 44.2. The number of carbonyl (C=O) groups excluding carboxylic acids is 1. The lowest BCUT2D eigenvalue weighted by Gasteiger charge is -2.16. The van der Waals surface area contributed by atoms with Gasteiger partial charge in [-0.15, -0.1) is 0 Å². The summed E-state index contributed by atoms with van der Waals surface area (Å²) in [6.45, 7) is -2.73. The van der Waals surface area contributed by atoms with Crippen molar-refractivity contribution in [2.75, 3.05) is 7.11 Å². The molecule has 1 aromatic carbocycles. The summed E-state index contributed by atoms with van der Waals surface area (Å²) in [5.41, 5.74) is 2.61. The highest BCUT2D eigenvalue weighted by Crippen LogP contribution is 2.37. The standard InChI is InChI=1S/C25H22F2N4O4/c1-33-20-10-16(11-21(35-25(26)27)23(20)24(32)30-17-2-3-17)19-13-29-22-12-18(6-9-31(19)22)34-14-15-4-7-28-8-5-15/h4-13,17,25H,2-3,14H2,1H3,(H,30,32). The van der Waals surface area contributed by atoms with Gasteiger partial charge in [-0.25, -0.2) is 4.98 Å². The predicted molar refractivity (Wildman–Crippen MR) is 123 cm³/mol.